The van der Waals surface area contributed by atoms with E-state index in [9.17, 15) is 19.7 Å². The maximum Gasteiger partial charge on any atom is 0.305 e. The summed E-state index contributed by atoms with van der Waals surface area (Å²) >= 11 is 0. The highest BCUT2D eigenvalue weighted by atomic mass is 16.6. The van der Waals surface area contributed by atoms with Gasteiger partial charge < -0.3 is 15.2 Å². The van der Waals surface area contributed by atoms with Crippen LogP contribution in [0.25, 0.3) is 0 Å². The molecule has 22 heavy (non-hydrogen) atoms. The van der Waals surface area contributed by atoms with Crippen LogP contribution in [0.15, 0.2) is 24.3 Å². The van der Waals surface area contributed by atoms with E-state index in [0.717, 1.165) is 6.42 Å². The van der Waals surface area contributed by atoms with Crippen molar-refractivity contribution in [2.75, 3.05) is 6.61 Å². The highest BCUT2D eigenvalue weighted by Gasteiger charge is 2.40. The minimum absolute atomic E-state index is 0.116. The minimum Gasteiger partial charge on any atom is -0.484 e. The summed E-state index contributed by atoms with van der Waals surface area (Å²) in [6.07, 6.45) is 2.01. The zero-order valence-corrected chi connectivity index (χ0v) is 11.8. The number of hydrogen-bond acceptors (Lipinski definition) is 5. The Bertz CT molecular complexity index is 597. The number of aliphatic carboxylic acids is 1. The Balaban J connectivity index is 1.88. The number of nitrogens with zero attached hydrogens (tertiary/aromatic N) is 1. The first-order valence-electron chi connectivity index (χ1n) is 6.80. The second-order valence-electron chi connectivity index (χ2n) is 5.30. The number of non-ortho nitro benzene ring substituents is 1. The van der Waals surface area contributed by atoms with Crippen LogP contribution in [0.2, 0.25) is 0 Å². The van der Waals surface area contributed by atoms with Crippen molar-refractivity contribution in [2.24, 2.45) is 0 Å². The molecule has 1 fully saturated rings. The Morgan fingerprint density at radius 3 is 2.68 bits per heavy atom. The van der Waals surface area contributed by atoms with E-state index in [1.807, 2.05) is 0 Å². The first kappa shape index (κ1) is 15.7. The molecule has 0 bridgehead atoms. The number of ether oxygens (including phenoxy) is 1. The van der Waals surface area contributed by atoms with Gasteiger partial charge in [0.15, 0.2) is 6.61 Å². The normalized spacial score (nSPS) is 15.5. The Hall–Kier alpha value is -2.64. The van der Waals surface area contributed by atoms with Gasteiger partial charge in [-0.05, 0) is 25.3 Å². The van der Waals surface area contributed by atoms with Crippen molar-refractivity contribution in [3.8, 4) is 5.75 Å². The molecule has 8 nitrogen and oxygen atoms in total. The molecule has 0 spiro atoms. The molecule has 1 aliphatic rings. The van der Waals surface area contributed by atoms with E-state index in [1.165, 1.54) is 24.3 Å². The highest BCUT2D eigenvalue weighted by molar-refractivity contribution is 5.80. The largest absolute Gasteiger partial charge is 0.484 e. The van der Waals surface area contributed by atoms with Gasteiger partial charge in [-0.2, -0.15) is 0 Å². The molecule has 0 radical (unpaired) electrons. The van der Waals surface area contributed by atoms with Crippen LogP contribution in [0.5, 0.6) is 5.75 Å². The number of nitrogens with one attached hydrogen (secondary N) is 1. The lowest BCUT2D eigenvalue weighted by Gasteiger charge is -2.41. The maximum absolute atomic E-state index is 11.9. The lowest BCUT2D eigenvalue weighted by molar-refractivity contribution is -0.384. The number of benzene rings is 1. The molecule has 0 aromatic heterocycles. The smallest absolute Gasteiger partial charge is 0.305 e. The molecule has 1 saturated carbocycles. The van der Waals surface area contributed by atoms with Gasteiger partial charge in [0.25, 0.3) is 11.6 Å². The van der Waals surface area contributed by atoms with E-state index in [2.05, 4.69) is 5.32 Å². The van der Waals surface area contributed by atoms with E-state index in [1.54, 1.807) is 0 Å². The van der Waals surface area contributed by atoms with Gasteiger partial charge in [0.2, 0.25) is 0 Å². The van der Waals surface area contributed by atoms with Crippen molar-refractivity contribution in [1.82, 2.24) is 5.32 Å². The molecule has 0 unspecified atom stereocenters. The molecule has 1 aromatic carbocycles. The van der Waals surface area contributed by atoms with E-state index >= 15 is 0 Å². The summed E-state index contributed by atoms with van der Waals surface area (Å²) in [7, 11) is 0. The van der Waals surface area contributed by atoms with Crippen LogP contribution in [0.4, 0.5) is 5.69 Å². The molecule has 0 atom stereocenters. The monoisotopic (exact) mass is 308 g/mol. The van der Waals surface area contributed by atoms with Gasteiger partial charge in [0.05, 0.1) is 22.9 Å². The quantitative estimate of drug-likeness (QED) is 0.582. The summed E-state index contributed by atoms with van der Waals surface area (Å²) in [5.74, 6) is -1.18. The van der Waals surface area contributed by atoms with Gasteiger partial charge >= 0.3 is 5.97 Å². The number of carboxylic acids is 1. The third-order valence-corrected chi connectivity index (χ3v) is 3.60. The molecule has 0 saturated heterocycles. The third kappa shape index (κ3) is 3.94. The van der Waals surface area contributed by atoms with Crippen molar-refractivity contribution < 1.29 is 24.4 Å². The van der Waals surface area contributed by atoms with Gasteiger partial charge in [-0.3, -0.25) is 19.7 Å². The van der Waals surface area contributed by atoms with Gasteiger partial charge in [-0.25, -0.2) is 0 Å². The number of nitro benzene ring substituents is 1. The fourth-order valence-electron chi connectivity index (χ4n) is 2.41. The number of hydrogen-bond donors (Lipinski definition) is 2. The number of rotatable bonds is 7. The lowest BCUT2D eigenvalue weighted by atomic mass is 9.74. The molecule has 1 aliphatic carbocycles. The van der Waals surface area contributed by atoms with Crippen LogP contribution < -0.4 is 10.1 Å². The molecular formula is C14H16N2O6. The fraction of sp³-hybridized carbons (Fsp3) is 0.429. The molecule has 2 rings (SSSR count). The summed E-state index contributed by atoms with van der Waals surface area (Å²) < 4.78 is 5.21. The average Bonchev–Trinajstić information content (AvgIpc) is 2.42. The Kier molecular flexibility index (Phi) is 4.59. The molecule has 1 amide bonds. The van der Waals surface area contributed by atoms with Gasteiger partial charge in [-0.1, -0.05) is 6.07 Å². The third-order valence-electron chi connectivity index (χ3n) is 3.60. The number of carboxylic acid groups (broad SMARTS) is 1. The van der Waals surface area contributed by atoms with Crippen molar-refractivity contribution in [3.63, 3.8) is 0 Å². The summed E-state index contributed by atoms with van der Waals surface area (Å²) in [4.78, 5) is 32.8. The molecular weight excluding hydrogens is 292 g/mol. The SMILES string of the molecule is O=C(O)CC1(NC(=O)COc2cccc([N+](=O)[O-])c2)CCC1. The zero-order valence-electron chi connectivity index (χ0n) is 11.8. The second-order valence-corrected chi connectivity index (χ2v) is 5.30. The number of carbonyl (C=O) groups is 2. The van der Waals surface area contributed by atoms with Crippen molar-refractivity contribution >= 4 is 17.6 Å². The summed E-state index contributed by atoms with van der Waals surface area (Å²) in [5.41, 5.74) is -0.811. The Labute approximate surface area is 126 Å². The van der Waals surface area contributed by atoms with E-state index in [0.29, 0.717) is 12.8 Å². The standard InChI is InChI=1S/C14H16N2O6/c17-12(15-14(5-2-6-14)8-13(18)19)9-22-11-4-1-3-10(7-11)16(20)21/h1,3-4,7H,2,5-6,8-9H2,(H,15,17)(H,18,19). The van der Waals surface area contributed by atoms with Crippen LogP contribution in [-0.2, 0) is 9.59 Å². The van der Waals surface area contributed by atoms with Gasteiger partial charge in [-0.15, -0.1) is 0 Å². The molecule has 1 aromatic rings. The summed E-state index contributed by atoms with van der Waals surface area (Å²) in [6, 6.07) is 5.52. The van der Waals surface area contributed by atoms with Gasteiger partial charge in [0.1, 0.15) is 5.75 Å². The molecule has 118 valence electrons. The molecule has 2 N–H and O–H groups in total. The molecule has 0 heterocycles. The first-order valence-corrected chi connectivity index (χ1v) is 6.80. The van der Waals surface area contributed by atoms with Crippen LogP contribution in [0, 0.1) is 10.1 Å². The van der Waals surface area contributed by atoms with Crippen LogP contribution in [0.3, 0.4) is 0 Å². The van der Waals surface area contributed by atoms with Crippen LogP contribution in [0.1, 0.15) is 25.7 Å². The Morgan fingerprint density at radius 1 is 1.41 bits per heavy atom. The average molecular weight is 308 g/mol. The van der Waals surface area contributed by atoms with Crippen molar-refractivity contribution in [2.45, 2.75) is 31.2 Å². The maximum atomic E-state index is 11.9. The molecule has 0 aliphatic heterocycles. The lowest BCUT2D eigenvalue weighted by Crippen LogP contribution is -2.55. The predicted octanol–water partition coefficient (Wildman–Crippen LogP) is 1.49. The minimum atomic E-state index is -0.959. The molecule has 8 heteroatoms. The highest BCUT2D eigenvalue weighted by Crippen LogP contribution is 2.34. The van der Waals surface area contributed by atoms with Gasteiger partial charge in [0, 0.05) is 6.07 Å². The van der Waals surface area contributed by atoms with Crippen molar-refractivity contribution in [3.05, 3.63) is 34.4 Å². The van der Waals surface area contributed by atoms with E-state index in [-0.39, 0.29) is 24.5 Å². The fourth-order valence-corrected chi connectivity index (χ4v) is 2.41. The van der Waals surface area contributed by atoms with E-state index < -0.39 is 22.3 Å². The Morgan fingerprint density at radius 2 is 2.14 bits per heavy atom. The van der Waals surface area contributed by atoms with E-state index in [4.69, 9.17) is 9.84 Å². The van der Waals surface area contributed by atoms with Crippen molar-refractivity contribution in [1.29, 1.82) is 0 Å². The van der Waals surface area contributed by atoms with Crippen LogP contribution >= 0.6 is 0 Å². The second kappa shape index (κ2) is 6.42. The van der Waals surface area contributed by atoms with Crippen LogP contribution in [-0.4, -0.2) is 34.1 Å². The predicted molar refractivity (Wildman–Crippen MR) is 75.6 cm³/mol. The number of amides is 1. The summed E-state index contributed by atoms with van der Waals surface area (Å²) in [5, 5.41) is 22.2. The first-order chi connectivity index (χ1) is 10.4. The summed E-state index contributed by atoms with van der Waals surface area (Å²) in [6.45, 7) is -0.317. The topological polar surface area (TPSA) is 119 Å². The number of nitro groups is 1. The zero-order chi connectivity index (χ0) is 16.2. The number of carbonyl (C=O) groups excluding carboxylic acids is 1.